The van der Waals surface area contributed by atoms with Crippen molar-refractivity contribution in [3.05, 3.63) is 0 Å². The first-order chi connectivity index (χ1) is 5.43. The average molecular weight is 158 g/mol. The Balaban J connectivity index is 1.73. The first kappa shape index (κ1) is 8.97. The number of hydrogen-bond acceptors (Lipinski definition) is 3. The number of aliphatic hydroxyl groups is 1. The summed E-state index contributed by atoms with van der Waals surface area (Å²) >= 11 is 0. The van der Waals surface area contributed by atoms with Crippen LogP contribution in [0.25, 0.3) is 0 Å². The van der Waals surface area contributed by atoms with Gasteiger partial charge in [-0.05, 0) is 25.8 Å². The summed E-state index contributed by atoms with van der Waals surface area (Å²) in [6.07, 6.45) is 3.28. The Labute approximate surface area is 68.2 Å². The molecule has 0 atom stereocenters. The fourth-order valence-electron chi connectivity index (χ4n) is 1.15. The molecular weight excluding hydrogens is 140 g/mol. The Morgan fingerprint density at radius 1 is 1.27 bits per heavy atom. The van der Waals surface area contributed by atoms with Gasteiger partial charge in [0.15, 0.2) is 0 Å². The number of rotatable bonds is 6. The summed E-state index contributed by atoms with van der Waals surface area (Å²) in [6, 6.07) is 0.712. The minimum absolute atomic E-state index is 0.338. The van der Waals surface area contributed by atoms with Gasteiger partial charge in [0.1, 0.15) is 0 Å². The topological polar surface area (TPSA) is 44.3 Å². The van der Waals surface area contributed by atoms with E-state index in [1.165, 1.54) is 6.42 Å². The normalized spacial score (nSPS) is 18.3. The van der Waals surface area contributed by atoms with Crippen molar-refractivity contribution in [2.75, 3.05) is 26.2 Å². The molecule has 0 spiro atoms. The zero-order valence-electron chi connectivity index (χ0n) is 6.97. The Bertz CT molecular complexity index is 94.1. The highest BCUT2D eigenvalue weighted by Gasteiger charge is 2.14. The lowest BCUT2D eigenvalue weighted by Crippen LogP contribution is -2.55. The molecule has 3 heteroatoms. The van der Waals surface area contributed by atoms with Gasteiger partial charge in [-0.3, -0.25) is 0 Å². The van der Waals surface area contributed by atoms with E-state index < -0.39 is 0 Å². The minimum Gasteiger partial charge on any atom is -0.396 e. The van der Waals surface area contributed by atoms with E-state index in [9.17, 15) is 0 Å². The standard InChI is InChI=1S/C8H18N2O/c11-5-3-1-2-4-10-8-6-9-7-8/h8-11H,1-7H2. The van der Waals surface area contributed by atoms with Gasteiger partial charge in [0, 0.05) is 25.7 Å². The summed E-state index contributed by atoms with van der Waals surface area (Å²) in [5, 5.41) is 15.1. The van der Waals surface area contributed by atoms with Crippen molar-refractivity contribution in [2.24, 2.45) is 0 Å². The van der Waals surface area contributed by atoms with Gasteiger partial charge in [-0.15, -0.1) is 0 Å². The predicted octanol–water partition coefficient (Wildman–Crippen LogP) is -0.290. The van der Waals surface area contributed by atoms with E-state index in [0.717, 1.165) is 32.5 Å². The lowest BCUT2D eigenvalue weighted by Gasteiger charge is -2.28. The van der Waals surface area contributed by atoms with Crippen LogP contribution in [0.5, 0.6) is 0 Å². The Hall–Kier alpha value is -0.120. The molecule has 1 fully saturated rings. The molecule has 0 saturated carbocycles. The van der Waals surface area contributed by atoms with Gasteiger partial charge in [0.25, 0.3) is 0 Å². The fraction of sp³-hybridized carbons (Fsp3) is 1.00. The fourth-order valence-corrected chi connectivity index (χ4v) is 1.15. The highest BCUT2D eigenvalue weighted by Crippen LogP contribution is 1.95. The van der Waals surface area contributed by atoms with E-state index in [2.05, 4.69) is 10.6 Å². The average Bonchev–Trinajstić information content (AvgIpc) is 1.93. The maximum atomic E-state index is 8.50. The summed E-state index contributed by atoms with van der Waals surface area (Å²) in [5.41, 5.74) is 0. The summed E-state index contributed by atoms with van der Waals surface area (Å²) in [6.45, 7) is 3.69. The van der Waals surface area contributed by atoms with Crippen LogP contribution < -0.4 is 10.6 Å². The zero-order valence-corrected chi connectivity index (χ0v) is 6.97. The van der Waals surface area contributed by atoms with Crippen molar-refractivity contribution >= 4 is 0 Å². The minimum atomic E-state index is 0.338. The van der Waals surface area contributed by atoms with Crippen LogP contribution in [0.3, 0.4) is 0 Å². The molecule has 1 saturated heterocycles. The van der Waals surface area contributed by atoms with Crippen LogP contribution >= 0.6 is 0 Å². The van der Waals surface area contributed by atoms with Gasteiger partial charge in [-0.25, -0.2) is 0 Å². The quantitative estimate of drug-likeness (QED) is 0.465. The summed E-state index contributed by atoms with van der Waals surface area (Å²) in [5.74, 6) is 0. The van der Waals surface area contributed by atoms with Gasteiger partial charge in [0.2, 0.25) is 0 Å². The lowest BCUT2D eigenvalue weighted by atomic mass is 10.1. The Morgan fingerprint density at radius 3 is 2.64 bits per heavy atom. The highest BCUT2D eigenvalue weighted by molar-refractivity contribution is 4.80. The summed E-state index contributed by atoms with van der Waals surface area (Å²) in [7, 11) is 0. The van der Waals surface area contributed by atoms with Crippen molar-refractivity contribution in [1.82, 2.24) is 10.6 Å². The summed E-state index contributed by atoms with van der Waals surface area (Å²) < 4.78 is 0. The molecule has 1 aliphatic heterocycles. The lowest BCUT2D eigenvalue weighted by molar-refractivity contribution is 0.281. The van der Waals surface area contributed by atoms with E-state index in [0.29, 0.717) is 12.6 Å². The maximum absolute atomic E-state index is 8.50. The molecule has 0 radical (unpaired) electrons. The smallest absolute Gasteiger partial charge is 0.0431 e. The third-order valence-electron chi connectivity index (χ3n) is 2.05. The third kappa shape index (κ3) is 3.70. The predicted molar refractivity (Wildman–Crippen MR) is 45.6 cm³/mol. The third-order valence-corrected chi connectivity index (χ3v) is 2.05. The Kier molecular flexibility index (Phi) is 4.50. The molecule has 0 aromatic heterocycles. The van der Waals surface area contributed by atoms with Crippen molar-refractivity contribution in [3.63, 3.8) is 0 Å². The van der Waals surface area contributed by atoms with E-state index in [4.69, 9.17) is 5.11 Å². The van der Waals surface area contributed by atoms with E-state index in [1.54, 1.807) is 0 Å². The molecule has 1 aliphatic rings. The maximum Gasteiger partial charge on any atom is 0.0431 e. The Morgan fingerprint density at radius 2 is 2.09 bits per heavy atom. The van der Waals surface area contributed by atoms with Crippen LogP contribution in [-0.2, 0) is 0 Å². The molecule has 0 bridgehead atoms. The molecule has 3 nitrogen and oxygen atoms in total. The largest absolute Gasteiger partial charge is 0.396 e. The van der Waals surface area contributed by atoms with Crippen molar-refractivity contribution < 1.29 is 5.11 Å². The van der Waals surface area contributed by atoms with Crippen LogP contribution in [0.1, 0.15) is 19.3 Å². The number of nitrogens with one attached hydrogen (secondary N) is 2. The zero-order chi connectivity index (χ0) is 7.94. The molecule has 11 heavy (non-hydrogen) atoms. The molecule has 0 amide bonds. The number of hydrogen-bond donors (Lipinski definition) is 3. The van der Waals surface area contributed by atoms with Gasteiger partial charge in [-0.2, -0.15) is 0 Å². The SMILES string of the molecule is OCCCCCNC1CNC1. The van der Waals surface area contributed by atoms with E-state index in [1.807, 2.05) is 0 Å². The first-order valence-electron chi connectivity index (χ1n) is 4.48. The highest BCUT2D eigenvalue weighted by atomic mass is 16.2. The van der Waals surface area contributed by atoms with Crippen LogP contribution in [-0.4, -0.2) is 37.4 Å². The van der Waals surface area contributed by atoms with Gasteiger partial charge in [-0.1, -0.05) is 0 Å². The number of unbranched alkanes of at least 4 members (excludes halogenated alkanes) is 2. The van der Waals surface area contributed by atoms with Crippen molar-refractivity contribution in [1.29, 1.82) is 0 Å². The van der Waals surface area contributed by atoms with Crippen LogP contribution in [0.4, 0.5) is 0 Å². The van der Waals surface area contributed by atoms with Gasteiger partial charge in [0.05, 0.1) is 0 Å². The van der Waals surface area contributed by atoms with Crippen LogP contribution in [0, 0.1) is 0 Å². The molecule has 66 valence electrons. The van der Waals surface area contributed by atoms with Gasteiger partial charge >= 0.3 is 0 Å². The first-order valence-corrected chi connectivity index (χ1v) is 4.48. The molecule has 1 heterocycles. The molecule has 0 aromatic rings. The summed E-state index contributed by atoms with van der Waals surface area (Å²) in [4.78, 5) is 0. The second-order valence-corrected chi connectivity index (χ2v) is 3.09. The molecular formula is C8H18N2O. The molecule has 0 unspecified atom stereocenters. The second-order valence-electron chi connectivity index (χ2n) is 3.09. The van der Waals surface area contributed by atoms with Crippen molar-refractivity contribution in [2.45, 2.75) is 25.3 Å². The molecule has 3 N–H and O–H groups in total. The van der Waals surface area contributed by atoms with Crippen LogP contribution in [0.2, 0.25) is 0 Å². The molecule has 1 rings (SSSR count). The van der Waals surface area contributed by atoms with Crippen LogP contribution in [0.15, 0.2) is 0 Å². The molecule has 0 aliphatic carbocycles. The second kappa shape index (κ2) is 5.52. The van der Waals surface area contributed by atoms with Gasteiger partial charge < -0.3 is 15.7 Å². The molecule has 0 aromatic carbocycles. The van der Waals surface area contributed by atoms with Crippen molar-refractivity contribution in [3.8, 4) is 0 Å². The van der Waals surface area contributed by atoms with E-state index >= 15 is 0 Å². The monoisotopic (exact) mass is 158 g/mol. The number of aliphatic hydroxyl groups excluding tert-OH is 1. The van der Waals surface area contributed by atoms with E-state index in [-0.39, 0.29) is 0 Å².